The molecule has 154 valence electrons. The van der Waals surface area contributed by atoms with E-state index in [-0.39, 0.29) is 29.2 Å². The SMILES string of the molecule is CCN(Cc1cc(Br)ccc1F)C(=O)/C=C/c1ccc(S(=O)(=O)NC2CC2)cc1. The molecule has 1 aliphatic carbocycles. The lowest BCUT2D eigenvalue weighted by molar-refractivity contribution is -0.126. The Balaban J connectivity index is 1.66. The van der Waals surface area contributed by atoms with Crippen LogP contribution in [0.1, 0.15) is 30.9 Å². The maximum atomic E-state index is 14.0. The lowest BCUT2D eigenvalue weighted by atomic mass is 10.2. The van der Waals surface area contributed by atoms with Crippen molar-refractivity contribution in [2.45, 2.75) is 37.2 Å². The average molecular weight is 481 g/mol. The molecule has 29 heavy (non-hydrogen) atoms. The number of sulfonamides is 1. The van der Waals surface area contributed by atoms with Crippen molar-refractivity contribution < 1.29 is 17.6 Å². The van der Waals surface area contributed by atoms with E-state index in [1.165, 1.54) is 29.2 Å². The van der Waals surface area contributed by atoms with Crippen LogP contribution in [0.2, 0.25) is 0 Å². The zero-order valence-electron chi connectivity index (χ0n) is 15.9. The number of nitrogens with zero attached hydrogens (tertiary/aromatic N) is 1. The molecule has 1 fully saturated rings. The molecule has 3 rings (SSSR count). The largest absolute Gasteiger partial charge is 0.335 e. The number of benzene rings is 2. The van der Waals surface area contributed by atoms with Crippen molar-refractivity contribution in [3.63, 3.8) is 0 Å². The zero-order chi connectivity index (χ0) is 21.0. The summed E-state index contributed by atoms with van der Waals surface area (Å²) in [6, 6.07) is 11.0. The molecule has 1 amide bonds. The van der Waals surface area contributed by atoms with Crippen LogP contribution in [0.5, 0.6) is 0 Å². The van der Waals surface area contributed by atoms with Gasteiger partial charge in [-0.15, -0.1) is 0 Å². The average Bonchev–Trinajstić information content (AvgIpc) is 3.50. The molecule has 8 heteroatoms. The molecule has 1 saturated carbocycles. The summed E-state index contributed by atoms with van der Waals surface area (Å²) in [7, 11) is -3.49. The molecule has 1 aliphatic rings. The van der Waals surface area contributed by atoms with Gasteiger partial charge in [0.2, 0.25) is 15.9 Å². The summed E-state index contributed by atoms with van der Waals surface area (Å²) < 4.78 is 41.7. The van der Waals surface area contributed by atoms with Crippen molar-refractivity contribution in [1.82, 2.24) is 9.62 Å². The number of halogens is 2. The van der Waals surface area contributed by atoms with Gasteiger partial charge in [-0.25, -0.2) is 17.5 Å². The van der Waals surface area contributed by atoms with Gasteiger partial charge in [0.1, 0.15) is 5.82 Å². The van der Waals surface area contributed by atoms with Gasteiger partial charge in [0.05, 0.1) is 4.90 Å². The van der Waals surface area contributed by atoms with Gasteiger partial charge in [-0.3, -0.25) is 4.79 Å². The molecule has 0 unspecified atom stereocenters. The molecule has 2 aromatic rings. The summed E-state index contributed by atoms with van der Waals surface area (Å²) in [5.41, 5.74) is 1.13. The minimum Gasteiger partial charge on any atom is -0.335 e. The Morgan fingerprint density at radius 2 is 1.93 bits per heavy atom. The quantitative estimate of drug-likeness (QED) is 0.578. The molecular formula is C21H22BrFN2O3S. The van der Waals surface area contributed by atoms with E-state index in [2.05, 4.69) is 20.7 Å². The maximum Gasteiger partial charge on any atom is 0.246 e. The number of likely N-dealkylation sites (N-methyl/N-ethyl adjacent to an activating group) is 1. The third kappa shape index (κ3) is 5.98. The molecule has 0 radical (unpaired) electrons. The van der Waals surface area contributed by atoms with Gasteiger partial charge < -0.3 is 4.90 Å². The van der Waals surface area contributed by atoms with Crippen molar-refractivity contribution in [2.24, 2.45) is 0 Å². The number of amides is 1. The molecule has 0 aromatic heterocycles. The second kappa shape index (κ2) is 9.19. The molecule has 0 aliphatic heterocycles. The summed E-state index contributed by atoms with van der Waals surface area (Å²) in [5.74, 6) is -0.612. The Bertz CT molecular complexity index is 1020. The van der Waals surface area contributed by atoms with Crippen molar-refractivity contribution >= 4 is 37.9 Å². The van der Waals surface area contributed by atoms with Crippen LogP contribution in [0, 0.1) is 5.82 Å². The first-order chi connectivity index (χ1) is 13.8. The number of carbonyl (C=O) groups excluding carboxylic acids is 1. The maximum absolute atomic E-state index is 14.0. The Hall–Kier alpha value is -2.03. The van der Waals surface area contributed by atoms with E-state index in [9.17, 15) is 17.6 Å². The van der Waals surface area contributed by atoms with Crippen LogP contribution in [0.3, 0.4) is 0 Å². The first kappa shape index (κ1) is 21.7. The third-order valence-corrected chi connectivity index (χ3v) is 6.60. The van der Waals surface area contributed by atoms with Crippen LogP contribution in [-0.2, 0) is 21.4 Å². The molecule has 0 saturated heterocycles. The Morgan fingerprint density at radius 1 is 1.24 bits per heavy atom. The van der Waals surface area contributed by atoms with Crippen LogP contribution < -0.4 is 4.72 Å². The van der Waals surface area contributed by atoms with Crippen LogP contribution in [0.25, 0.3) is 6.08 Å². The van der Waals surface area contributed by atoms with Gasteiger partial charge in [-0.05, 0) is 61.7 Å². The molecule has 0 spiro atoms. The van der Waals surface area contributed by atoms with Gasteiger partial charge in [0, 0.05) is 35.2 Å². The van der Waals surface area contributed by atoms with E-state index in [1.807, 2.05) is 6.92 Å². The highest BCUT2D eigenvalue weighted by Crippen LogP contribution is 2.22. The summed E-state index contributed by atoms with van der Waals surface area (Å²) in [6.45, 7) is 2.42. The normalized spacial score (nSPS) is 14.3. The van der Waals surface area contributed by atoms with Crippen LogP contribution in [0.4, 0.5) is 4.39 Å². The highest BCUT2D eigenvalue weighted by Gasteiger charge is 2.27. The van der Waals surface area contributed by atoms with Crippen molar-refractivity contribution in [2.75, 3.05) is 6.54 Å². The van der Waals surface area contributed by atoms with Crippen LogP contribution in [-0.4, -0.2) is 31.8 Å². The molecule has 1 N–H and O–H groups in total. The fraction of sp³-hybridized carbons (Fsp3) is 0.286. The topological polar surface area (TPSA) is 66.5 Å². The summed E-state index contributed by atoms with van der Waals surface area (Å²) in [6.07, 6.45) is 4.78. The summed E-state index contributed by atoms with van der Waals surface area (Å²) in [4.78, 5) is 14.2. The number of hydrogen-bond acceptors (Lipinski definition) is 3. The molecule has 5 nitrogen and oxygen atoms in total. The van der Waals surface area contributed by atoms with Gasteiger partial charge in [0.25, 0.3) is 0 Å². The highest BCUT2D eigenvalue weighted by molar-refractivity contribution is 9.10. The summed E-state index contributed by atoms with van der Waals surface area (Å²) >= 11 is 3.31. The number of rotatable bonds is 8. The Labute approximate surface area is 178 Å². The fourth-order valence-corrected chi connectivity index (χ4v) is 4.45. The van der Waals surface area contributed by atoms with E-state index >= 15 is 0 Å². The third-order valence-electron chi connectivity index (χ3n) is 4.57. The van der Waals surface area contributed by atoms with E-state index in [0.717, 1.165) is 17.3 Å². The lowest BCUT2D eigenvalue weighted by Crippen LogP contribution is -2.29. The van der Waals surface area contributed by atoms with E-state index < -0.39 is 10.0 Å². The Kier molecular flexibility index (Phi) is 6.87. The Morgan fingerprint density at radius 3 is 2.55 bits per heavy atom. The molecule has 0 heterocycles. The van der Waals surface area contributed by atoms with Crippen molar-refractivity contribution in [3.8, 4) is 0 Å². The number of nitrogens with one attached hydrogen (secondary N) is 1. The van der Waals surface area contributed by atoms with Crippen molar-refractivity contribution in [3.05, 3.63) is 70.0 Å². The van der Waals surface area contributed by atoms with Gasteiger partial charge in [0.15, 0.2) is 0 Å². The zero-order valence-corrected chi connectivity index (χ0v) is 18.3. The van der Waals surface area contributed by atoms with Gasteiger partial charge in [-0.2, -0.15) is 0 Å². The van der Waals surface area contributed by atoms with E-state index in [1.54, 1.807) is 30.3 Å². The first-order valence-electron chi connectivity index (χ1n) is 9.32. The van der Waals surface area contributed by atoms with Gasteiger partial charge in [-0.1, -0.05) is 28.1 Å². The van der Waals surface area contributed by atoms with E-state index in [4.69, 9.17) is 0 Å². The number of carbonyl (C=O) groups is 1. The summed E-state index contributed by atoms with van der Waals surface area (Å²) in [5, 5.41) is 0. The second-order valence-electron chi connectivity index (χ2n) is 6.89. The smallest absolute Gasteiger partial charge is 0.246 e. The lowest BCUT2D eigenvalue weighted by Gasteiger charge is -2.19. The first-order valence-corrected chi connectivity index (χ1v) is 11.6. The predicted octanol–water partition coefficient (Wildman–Crippen LogP) is 4.09. The van der Waals surface area contributed by atoms with Gasteiger partial charge >= 0.3 is 0 Å². The second-order valence-corrected chi connectivity index (χ2v) is 9.52. The molecule has 2 aromatic carbocycles. The monoisotopic (exact) mass is 480 g/mol. The highest BCUT2D eigenvalue weighted by atomic mass is 79.9. The molecule has 0 atom stereocenters. The minimum atomic E-state index is -3.49. The van der Waals surface area contributed by atoms with Crippen molar-refractivity contribution in [1.29, 1.82) is 0 Å². The molecule has 0 bridgehead atoms. The van der Waals surface area contributed by atoms with E-state index in [0.29, 0.717) is 17.7 Å². The van der Waals surface area contributed by atoms with Crippen LogP contribution in [0.15, 0.2) is 57.9 Å². The van der Waals surface area contributed by atoms with Crippen LogP contribution >= 0.6 is 15.9 Å². The molecular weight excluding hydrogens is 459 g/mol. The standard InChI is InChI=1S/C21H22BrFN2O3S/c1-2-25(14-16-13-17(22)6-11-20(16)23)21(26)12-5-15-3-9-19(10-4-15)29(27,28)24-18-7-8-18/h3-6,9-13,18,24H,2,7-8,14H2,1H3/b12-5+. The number of hydrogen-bond donors (Lipinski definition) is 1. The fourth-order valence-electron chi connectivity index (χ4n) is 2.74. The minimum absolute atomic E-state index is 0.0484. The predicted molar refractivity (Wildman–Crippen MR) is 114 cm³/mol.